The highest BCUT2D eigenvalue weighted by atomic mass is 32.2. The van der Waals surface area contributed by atoms with Gasteiger partial charge in [-0.05, 0) is 56.5 Å². The third kappa shape index (κ3) is 4.98. The molecular weight excluding hydrogens is 482 g/mol. The number of hydrogen-bond acceptors (Lipinski definition) is 8. The molecule has 0 aliphatic carbocycles. The molecule has 1 saturated heterocycles. The number of ether oxygens (including phenoxy) is 2. The third-order valence-corrected chi connectivity index (χ3v) is 6.69. The van der Waals surface area contributed by atoms with Gasteiger partial charge < -0.3 is 19.8 Å². The highest BCUT2D eigenvalue weighted by Crippen LogP contribution is 2.30. The van der Waals surface area contributed by atoms with E-state index in [1.165, 1.54) is 0 Å². The number of carbonyl (C=O) groups excluding carboxylic acids is 2. The number of fused-ring (bicyclic) bond motifs is 2. The summed E-state index contributed by atoms with van der Waals surface area (Å²) in [6.45, 7) is 2.61. The summed E-state index contributed by atoms with van der Waals surface area (Å²) in [5.41, 5.74) is 1.75. The van der Waals surface area contributed by atoms with Gasteiger partial charge in [-0.25, -0.2) is 14.5 Å². The number of hydrogen-bond donors (Lipinski definition) is 2. The minimum absolute atomic E-state index is 0.0409. The number of esters is 1. The molecule has 0 spiro atoms. The van der Waals surface area contributed by atoms with Gasteiger partial charge in [0.1, 0.15) is 0 Å². The number of amides is 1. The average Bonchev–Trinajstić information content (AvgIpc) is 3.27. The first-order valence-electron chi connectivity index (χ1n) is 11.8. The summed E-state index contributed by atoms with van der Waals surface area (Å²) in [7, 11) is 0. The molecule has 2 aromatic carbocycles. The molecule has 1 unspecified atom stereocenters. The molecule has 1 aliphatic rings. The molecule has 1 atom stereocenters. The van der Waals surface area contributed by atoms with E-state index in [2.05, 4.69) is 20.4 Å². The zero-order chi connectivity index (χ0) is 25.1. The summed E-state index contributed by atoms with van der Waals surface area (Å²) in [6.07, 6.45) is 2.57. The Morgan fingerprint density at radius 2 is 2.08 bits per heavy atom. The Kier molecular flexibility index (Phi) is 7.01. The zero-order valence-corrected chi connectivity index (χ0v) is 20.5. The number of rotatable bonds is 7. The molecule has 11 heteroatoms. The van der Waals surface area contributed by atoms with E-state index < -0.39 is 5.97 Å². The van der Waals surface area contributed by atoms with E-state index in [1.54, 1.807) is 48.0 Å². The lowest BCUT2D eigenvalue weighted by Crippen LogP contribution is -2.19. The number of H-pyrrole nitrogens is 1. The molecule has 0 bridgehead atoms. The van der Waals surface area contributed by atoms with E-state index in [4.69, 9.17) is 9.47 Å². The number of aromatic amines is 1. The van der Waals surface area contributed by atoms with Crippen LogP contribution in [-0.4, -0.2) is 50.6 Å². The summed E-state index contributed by atoms with van der Waals surface area (Å²) in [5, 5.41) is 8.80. The van der Waals surface area contributed by atoms with Crippen molar-refractivity contribution < 1.29 is 19.1 Å². The normalized spacial score (nSPS) is 15.8. The first kappa shape index (κ1) is 24.0. The molecule has 2 N–H and O–H groups in total. The first-order valence-corrected chi connectivity index (χ1v) is 12.7. The van der Waals surface area contributed by atoms with Crippen molar-refractivity contribution in [3.63, 3.8) is 0 Å². The topological polar surface area (TPSA) is 128 Å². The van der Waals surface area contributed by atoms with E-state index in [9.17, 15) is 14.4 Å². The van der Waals surface area contributed by atoms with Gasteiger partial charge in [-0.2, -0.15) is 5.10 Å². The second-order valence-electron chi connectivity index (χ2n) is 8.29. The van der Waals surface area contributed by atoms with Gasteiger partial charge in [0, 0.05) is 17.7 Å². The van der Waals surface area contributed by atoms with E-state index in [1.807, 2.05) is 6.07 Å². The largest absolute Gasteiger partial charge is 0.461 e. The summed E-state index contributed by atoms with van der Waals surface area (Å²) in [6, 6.07) is 12.3. The lowest BCUT2D eigenvalue weighted by Gasteiger charge is -2.23. The van der Waals surface area contributed by atoms with Gasteiger partial charge in [0.15, 0.2) is 17.1 Å². The maximum Gasteiger partial charge on any atom is 0.359 e. The van der Waals surface area contributed by atoms with Gasteiger partial charge >= 0.3 is 5.97 Å². The van der Waals surface area contributed by atoms with Crippen molar-refractivity contribution in [1.29, 1.82) is 0 Å². The SMILES string of the molecule is CCOC(=O)c1nn(C2CCCCO2)c2ccc(NC(=O)CSc3nc4ccccc4c(=O)[nH]3)cc12. The fourth-order valence-corrected chi connectivity index (χ4v) is 4.84. The Hall–Kier alpha value is -3.70. The molecule has 36 heavy (non-hydrogen) atoms. The number of benzene rings is 2. The van der Waals surface area contributed by atoms with Crippen LogP contribution < -0.4 is 10.9 Å². The minimum atomic E-state index is -0.526. The van der Waals surface area contributed by atoms with Crippen molar-refractivity contribution in [3.8, 4) is 0 Å². The van der Waals surface area contributed by atoms with Gasteiger partial charge in [-0.1, -0.05) is 23.9 Å². The molecule has 2 aromatic heterocycles. The third-order valence-electron chi connectivity index (χ3n) is 5.82. The summed E-state index contributed by atoms with van der Waals surface area (Å²) < 4.78 is 12.8. The van der Waals surface area contributed by atoms with Crippen LogP contribution in [0.15, 0.2) is 52.4 Å². The number of nitrogens with one attached hydrogen (secondary N) is 2. The summed E-state index contributed by atoms with van der Waals surface area (Å²) in [4.78, 5) is 44.6. The fraction of sp³-hybridized carbons (Fsp3) is 0.320. The Bertz CT molecular complexity index is 1490. The van der Waals surface area contributed by atoms with E-state index in [-0.39, 0.29) is 35.7 Å². The van der Waals surface area contributed by atoms with Crippen molar-refractivity contribution in [2.24, 2.45) is 0 Å². The van der Waals surface area contributed by atoms with Crippen LogP contribution in [0.2, 0.25) is 0 Å². The van der Waals surface area contributed by atoms with Gasteiger partial charge in [-0.3, -0.25) is 9.59 Å². The van der Waals surface area contributed by atoms with E-state index in [0.717, 1.165) is 36.5 Å². The van der Waals surface area contributed by atoms with Crippen LogP contribution in [0.1, 0.15) is 42.9 Å². The number of nitrogens with zero attached hydrogens (tertiary/aromatic N) is 3. The predicted molar refractivity (Wildman–Crippen MR) is 136 cm³/mol. The average molecular weight is 508 g/mol. The molecule has 0 saturated carbocycles. The number of thioether (sulfide) groups is 1. The Balaban J connectivity index is 1.35. The van der Waals surface area contributed by atoms with Crippen LogP contribution in [-0.2, 0) is 14.3 Å². The van der Waals surface area contributed by atoms with Gasteiger partial charge in [0.2, 0.25) is 5.91 Å². The molecule has 5 rings (SSSR count). The van der Waals surface area contributed by atoms with Crippen molar-refractivity contribution in [2.75, 3.05) is 24.3 Å². The molecule has 1 amide bonds. The molecule has 0 radical (unpaired) electrons. The van der Waals surface area contributed by atoms with Gasteiger partial charge in [0.05, 0.1) is 28.8 Å². The van der Waals surface area contributed by atoms with Crippen LogP contribution in [0.25, 0.3) is 21.8 Å². The van der Waals surface area contributed by atoms with Crippen LogP contribution in [0, 0.1) is 0 Å². The van der Waals surface area contributed by atoms with Crippen LogP contribution >= 0.6 is 11.8 Å². The minimum Gasteiger partial charge on any atom is -0.461 e. The lowest BCUT2D eigenvalue weighted by atomic mass is 10.1. The zero-order valence-electron chi connectivity index (χ0n) is 19.7. The first-order chi connectivity index (χ1) is 17.5. The fourth-order valence-electron chi connectivity index (χ4n) is 4.17. The van der Waals surface area contributed by atoms with Crippen molar-refractivity contribution in [2.45, 2.75) is 37.6 Å². The molecule has 186 valence electrons. The van der Waals surface area contributed by atoms with E-state index in [0.29, 0.717) is 33.7 Å². The van der Waals surface area contributed by atoms with Crippen molar-refractivity contribution in [1.82, 2.24) is 19.7 Å². The number of carbonyl (C=O) groups is 2. The molecule has 4 aromatic rings. The second-order valence-corrected chi connectivity index (χ2v) is 9.26. The second kappa shape index (κ2) is 10.5. The maximum atomic E-state index is 12.7. The highest BCUT2D eigenvalue weighted by Gasteiger charge is 2.25. The lowest BCUT2D eigenvalue weighted by molar-refractivity contribution is -0.113. The Morgan fingerprint density at radius 3 is 2.89 bits per heavy atom. The molecule has 3 heterocycles. The number of para-hydroxylation sites is 1. The standard InChI is InChI=1S/C25H25N5O5S/c1-2-34-24(33)22-17-13-15(10-11-19(17)30(29-22)21-9-5-6-12-35-21)26-20(31)14-36-25-27-18-8-4-3-7-16(18)23(32)28-25/h3-4,7-8,10-11,13,21H,2,5-6,9,12,14H2,1H3,(H,26,31)(H,27,28,32). The summed E-state index contributed by atoms with van der Waals surface area (Å²) in [5.74, 6) is -0.766. The monoisotopic (exact) mass is 507 g/mol. The highest BCUT2D eigenvalue weighted by molar-refractivity contribution is 7.99. The Morgan fingerprint density at radius 1 is 1.22 bits per heavy atom. The van der Waals surface area contributed by atoms with Crippen LogP contribution in [0.3, 0.4) is 0 Å². The maximum absolute atomic E-state index is 12.7. The number of anilines is 1. The predicted octanol–water partition coefficient (Wildman–Crippen LogP) is 3.88. The van der Waals surface area contributed by atoms with E-state index >= 15 is 0 Å². The van der Waals surface area contributed by atoms with Crippen molar-refractivity contribution >= 4 is 51.1 Å². The molecule has 1 fully saturated rings. The van der Waals surface area contributed by atoms with Gasteiger partial charge in [0.25, 0.3) is 5.56 Å². The smallest absolute Gasteiger partial charge is 0.359 e. The van der Waals surface area contributed by atoms with Crippen molar-refractivity contribution in [3.05, 3.63) is 58.5 Å². The number of aromatic nitrogens is 4. The molecule has 10 nitrogen and oxygen atoms in total. The molecular formula is C25H25N5O5S. The van der Waals surface area contributed by atoms with Crippen LogP contribution in [0.4, 0.5) is 5.69 Å². The Labute approximate surface area is 210 Å². The van der Waals surface area contributed by atoms with Gasteiger partial charge in [-0.15, -0.1) is 0 Å². The molecule has 1 aliphatic heterocycles. The quantitative estimate of drug-likeness (QED) is 0.219. The summed E-state index contributed by atoms with van der Waals surface area (Å²) >= 11 is 1.13. The van der Waals surface area contributed by atoms with Crippen LogP contribution in [0.5, 0.6) is 0 Å².